The van der Waals surface area contributed by atoms with Crippen LogP contribution in [0.5, 0.6) is 5.75 Å². The van der Waals surface area contributed by atoms with Crippen LogP contribution in [0.15, 0.2) is 115 Å². The van der Waals surface area contributed by atoms with Crippen molar-refractivity contribution in [2.45, 2.75) is 56.7 Å². The molecule has 3 aromatic carbocycles. The molecule has 2 aliphatic heterocycles. The third-order valence-corrected chi connectivity index (χ3v) is 13.2. The Labute approximate surface area is 410 Å². The van der Waals surface area contributed by atoms with Gasteiger partial charge in [0.2, 0.25) is 17.7 Å². The number of carbonyl (C=O) groups is 4. The van der Waals surface area contributed by atoms with Gasteiger partial charge < -0.3 is 28.7 Å². The number of hydrogen-bond donors (Lipinski definition) is 2. The fourth-order valence-corrected chi connectivity index (χ4v) is 10.1. The molecule has 0 spiro atoms. The number of rotatable bonds is 14. The molecule has 3 aliphatic rings. The van der Waals surface area contributed by atoms with Crippen molar-refractivity contribution in [3.05, 3.63) is 137 Å². The van der Waals surface area contributed by atoms with E-state index in [1.54, 1.807) is 47.5 Å². The molecule has 1 aliphatic carbocycles. The quantitative estimate of drug-likeness (QED) is 0.0518. The van der Waals surface area contributed by atoms with Crippen molar-refractivity contribution in [2.75, 3.05) is 19.6 Å². The number of fused-ring (bicyclic) bond motifs is 2. The summed E-state index contributed by atoms with van der Waals surface area (Å²) < 4.78 is 40.7. The number of carbonyl (C=O) groups excluding carboxylic acids is 4. The SMILES string of the molecule is C=CCN1CC(=O)N2[C@@H](Cc3ccc(OP(=O)([O-])[O-])cc3)C(=O)N(Cc3cccc4c(C(C)=O)cn(S(O)(O)C5=CCC(Cl)C=C5)c34)C[C@@H]2N1C(=O)CCc1ccccc1.[Na+].[Na+]. The van der Waals surface area contributed by atoms with Gasteiger partial charge >= 0.3 is 59.1 Å². The second-order valence-corrected chi connectivity index (χ2v) is 18.3. The van der Waals surface area contributed by atoms with E-state index >= 15 is 0 Å². The van der Waals surface area contributed by atoms with Gasteiger partial charge in [0.25, 0.3) is 0 Å². The topological polar surface area (TPSA) is 199 Å². The van der Waals surface area contributed by atoms with Gasteiger partial charge in [-0.25, -0.2) is 14.0 Å². The minimum Gasteiger partial charge on any atom is -0.780 e. The molecule has 3 atom stereocenters. The van der Waals surface area contributed by atoms with Crippen LogP contribution >= 0.6 is 30.2 Å². The van der Waals surface area contributed by atoms with Crippen LogP contribution in [-0.2, 0) is 38.3 Å². The van der Waals surface area contributed by atoms with Crippen molar-refractivity contribution in [1.82, 2.24) is 23.8 Å². The number of halogens is 1. The van der Waals surface area contributed by atoms with Crippen molar-refractivity contribution >= 4 is 64.6 Å². The van der Waals surface area contributed by atoms with Crippen molar-refractivity contribution < 1.29 is 106 Å². The van der Waals surface area contributed by atoms with Gasteiger partial charge in [0, 0.05) is 43.1 Å². The van der Waals surface area contributed by atoms with Crippen LogP contribution in [0.25, 0.3) is 10.9 Å². The van der Waals surface area contributed by atoms with Gasteiger partial charge in [0.15, 0.2) is 5.78 Å². The zero-order valence-corrected chi connectivity index (χ0v) is 41.0. The first-order chi connectivity index (χ1) is 28.5. The Morgan fingerprint density at radius 2 is 1.73 bits per heavy atom. The summed E-state index contributed by atoms with van der Waals surface area (Å²) in [6.45, 7) is 4.91. The number of hydrogen-bond acceptors (Lipinski definition) is 11. The number of benzene rings is 3. The van der Waals surface area contributed by atoms with Gasteiger partial charge in [-0.3, -0.25) is 28.3 Å². The molecule has 1 aromatic heterocycles. The number of amides is 3. The average molecular weight is 922 g/mol. The second kappa shape index (κ2) is 20.9. The first-order valence-corrected chi connectivity index (χ1v) is 22.5. The molecule has 2 fully saturated rings. The summed E-state index contributed by atoms with van der Waals surface area (Å²) in [5.41, 5.74) is 2.45. The summed E-state index contributed by atoms with van der Waals surface area (Å²) in [4.78, 5) is 82.0. The number of piperazine rings is 1. The maximum atomic E-state index is 14.9. The molecular weight excluding hydrogens is 879 g/mol. The first-order valence-electron chi connectivity index (χ1n) is 19.1. The van der Waals surface area contributed by atoms with Crippen molar-refractivity contribution in [3.8, 4) is 5.75 Å². The van der Waals surface area contributed by atoms with E-state index in [0.717, 1.165) is 5.56 Å². The standard InChI is InChI=1S/C42H45ClN5O10PS.2Na/c1-3-22-45-27-40(51)47-37(23-30-12-17-33(18-13-30)58-59(53,54)55)42(52)44(26-38(47)48(45)39(50)21-14-29-8-5-4-6-9-29)24-31-10-7-11-35-36(28(2)49)25-46(41(31)35)60(56,57)34-19-15-32(43)16-20-34;;/h3-13,15,17-20,25,32,37-38,56-57H,1,14,16,21-24,26-27H2,2H3,(H2,53,54,55);;/q;2*+1/p-2/t32?,37-,38-;;/m0../s1. The molecule has 20 heteroatoms. The minimum atomic E-state index is -5.34. The number of nitrogens with zero attached hydrogens (tertiary/aromatic N) is 5. The number of phosphoric ester groups is 1. The van der Waals surface area contributed by atoms with Crippen LogP contribution in [0.2, 0.25) is 0 Å². The molecule has 3 heterocycles. The maximum Gasteiger partial charge on any atom is 1.00 e. The number of aromatic nitrogens is 1. The molecular formula is C42H43ClN5Na2O10PS. The molecule has 2 N–H and O–H groups in total. The van der Waals surface area contributed by atoms with Gasteiger partial charge in [-0.2, -0.15) is 0 Å². The molecule has 0 radical (unpaired) electrons. The second-order valence-electron chi connectivity index (χ2n) is 14.7. The molecule has 4 aromatic rings. The number of ketones is 1. The Morgan fingerprint density at radius 3 is 2.35 bits per heavy atom. The summed E-state index contributed by atoms with van der Waals surface area (Å²) in [7, 11) is -9.11. The molecule has 0 bridgehead atoms. The van der Waals surface area contributed by atoms with E-state index in [1.165, 1.54) is 56.2 Å². The molecule has 62 heavy (non-hydrogen) atoms. The normalized spacial score (nSPS) is 19.6. The smallest absolute Gasteiger partial charge is 0.780 e. The number of hydrazine groups is 1. The van der Waals surface area contributed by atoms with E-state index in [4.69, 9.17) is 11.6 Å². The third kappa shape index (κ3) is 10.9. The minimum absolute atomic E-state index is 0. The number of para-hydroxylation sites is 1. The Balaban J connectivity index is 0.00000363. The Hall–Kier alpha value is -3.03. The molecule has 316 valence electrons. The van der Waals surface area contributed by atoms with Crippen LogP contribution in [0, 0.1) is 0 Å². The predicted octanol–water partition coefficient (Wildman–Crippen LogP) is -0.989. The van der Waals surface area contributed by atoms with Crippen LogP contribution in [-0.4, -0.2) is 93.6 Å². The van der Waals surface area contributed by atoms with Crippen molar-refractivity contribution in [3.63, 3.8) is 0 Å². The van der Waals surface area contributed by atoms with Crippen LogP contribution in [0.3, 0.4) is 0 Å². The van der Waals surface area contributed by atoms with Crippen LogP contribution < -0.4 is 73.4 Å². The number of allylic oxidation sites excluding steroid dienone is 3. The van der Waals surface area contributed by atoms with E-state index in [0.29, 0.717) is 34.9 Å². The van der Waals surface area contributed by atoms with Gasteiger partial charge in [-0.15, -0.1) is 18.2 Å². The van der Waals surface area contributed by atoms with Crippen molar-refractivity contribution in [1.29, 1.82) is 0 Å². The Bertz CT molecular complexity index is 2450. The zero-order chi connectivity index (χ0) is 42.9. The third-order valence-electron chi connectivity index (χ3n) is 10.7. The van der Waals surface area contributed by atoms with Crippen LogP contribution in [0.1, 0.15) is 46.8 Å². The van der Waals surface area contributed by atoms with Gasteiger partial charge in [0.05, 0.1) is 28.9 Å². The van der Waals surface area contributed by atoms with Crippen molar-refractivity contribution in [2.24, 2.45) is 0 Å². The Kier molecular flexibility index (Phi) is 16.8. The van der Waals surface area contributed by atoms with E-state index < -0.39 is 42.6 Å². The van der Waals surface area contributed by atoms with Gasteiger partial charge in [-0.1, -0.05) is 89.7 Å². The predicted molar refractivity (Wildman–Crippen MR) is 223 cm³/mol. The molecule has 1 unspecified atom stereocenters. The number of alkyl halides is 1. The summed E-state index contributed by atoms with van der Waals surface area (Å²) >= 11 is 6.25. The number of phosphoric acid groups is 1. The molecule has 2 saturated heterocycles. The largest absolute Gasteiger partial charge is 1.00 e. The zero-order valence-electron chi connectivity index (χ0n) is 34.5. The van der Waals surface area contributed by atoms with Gasteiger partial charge in [0.1, 0.15) is 25.8 Å². The van der Waals surface area contributed by atoms with E-state index in [-0.39, 0.29) is 131 Å². The molecule has 15 nitrogen and oxygen atoms in total. The number of Topliss-reactive ketones (excluding diaryl/α,β-unsaturated/α-hetero) is 1. The fourth-order valence-electron chi connectivity index (χ4n) is 7.98. The Morgan fingerprint density at radius 1 is 1.02 bits per heavy atom. The van der Waals surface area contributed by atoms with E-state index in [9.17, 15) is 42.6 Å². The summed E-state index contributed by atoms with van der Waals surface area (Å²) in [6.07, 6.45) is 7.65. The van der Waals surface area contributed by atoms with E-state index in [2.05, 4.69) is 11.1 Å². The average Bonchev–Trinajstić information content (AvgIpc) is 3.62. The van der Waals surface area contributed by atoms with Crippen LogP contribution in [0.4, 0.5) is 0 Å². The first kappa shape index (κ1) is 50.0. The summed E-state index contributed by atoms with van der Waals surface area (Å²) in [5.74, 6) is -1.71. The van der Waals surface area contributed by atoms with Gasteiger partial charge in [-0.05, 0) is 54.7 Å². The summed E-state index contributed by atoms with van der Waals surface area (Å²) in [5, 5.41) is 3.24. The monoisotopic (exact) mass is 921 g/mol. The molecule has 7 rings (SSSR count). The molecule has 3 amide bonds. The fraction of sp³-hybridized carbons (Fsp3) is 0.286. The molecule has 0 saturated carbocycles. The van der Waals surface area contributed by atoms with E-state index in [1.807, 2.05) is 30.3 Å². The summed E-state index contributed by atoms with van der Waals surface area (Å²) in [6, 6.07) is 18.9. The number of aryl methyl sites for hydroxylation is 1. The maximum absolute atomic E-state index is 14.9.